The van der Waals surface area contributed by atoms with Gasteiger partial charge in [-0.3, -0.25) is 0 Å². The van der Waals surface area contributed by atoms with E-state index >= 15 is 0 Å². The molecule has 0 bridgehead atoms. The van der Waals surface area contributed by atoms with Crippen molar-refractivity contribution in [1.29, 1.82) is 0 Å². The molecule has 118 valence electrons. The van der Waals surface area contributed by atoms with Crippen LogP contribution in [0.3, 0.4) is 0 Å². The average Bonchev–Trinajstić information content (AvgIpc) is 2.59. The molecule has 0 unspecified atom stereocenters. The fourth-order valence-corrected chi connectivity index (χ4v) is 2.95. The first-order valence-corrected chi connectivity index (χ1v) is 7.97. The first-order chi connectivity index (χ1) is 11.6. The van der Waals surface area contributed by atoms with Crippen LogP contribution in [0.15, 0.2) is 60.7 Å². The van der Waals surface area contributed by atoms with Crippen LogP contribution in [0, 0.1) is 13.8 Å². The number of aromatic hydroxyl groups is 1. The van der Waals surface area contributed by atoms with Gasteiger partial charge in [-0.05, 0) is 55.8 Å². The molecule has 0 aliphatic rings. The number of hydrogen-bond acceptors (Lipinski definition) is 3. The Bertz CT molecular complexity index is 1050. The van der Waals surface area contributed by atoms with E-state index in [0.717, 1.165) is 33.1 Å². The Labute approximate surface area is 140 Å². The molecule has 0 aliphatic carbocycles. The molecule has 3 nitrogen and oxygen atoms in total. The molecule has 0 saturated heterocycles. The SMILES string of the molecule is Cc1ccc(Nc2ccc3nc4cccc(C)c4cc3c2O)cc1. The Morgan fingerprint density at radius 2 is 1.58 bits per heavy atom. The van der Waals surface area contributed by atoms with Gasteiger partial charge in [0, 0.05) is 16.5 Å². The Morgan fingerprint density at radius 1 is 0.833 bits per heavy atom. The summed E-state index contributed by atoms with van der Waals surface area (Å²) >= 11 is 0. The summed E-state index contributed by atoms with van der Waals surface area (Å²) in [7, 11) is 0. The van der Waals surface area contributed by atoms with Gasteiger partial charge < -0.3 is 10.4 Å². The Hall–Kier alpha value is -3.07. The number of anilines is 2. The summed E-state index contributed by atoms with van der Waals surface area (Å²) in [5.74, 6) is 0.228. The summed E-state index contributed by atoms with van der Waals surface area (Å²) < 4.78 is 0. The maximum atomic E-state index is 10.7. The largest absolute Gasteiger partial charge is 0.505 e. The maximum absolute atomic E-state index is 10.7. The Morgan fingerprint density at radius 3 is 2.38 bits per heavy atom. The van der Waals surface area contributed by atoms with Gasteiger partial charge in [-0.25, -0.2) is 4.98 Å². The quantitative estimate of drug-likeness (QED) is 0.382. The molecular formula is C21H18N2O. The minimum absolute atomic E-state index is 0.228. The number of pyridine rings is 1. The van der Waals surface area contributed by atoms with Crippen molar-refractivity contribution in [3.05, 3.63) is 71.8 Å². The number of aromatic nitrogens is 1. The molecule has 4 aromatic rings. The van der Waals surface area contributed by atoms with E-state index in [9.17, 15) is 5.11 Å². The molecule has 24 heavy (non-hydrogen) atoms. The number of phenols is 1. The van der Waals surface area contributed by atoms with E-state index in [1.165, 1.54) is 5.56 Å². The van der Waals surface area contributed by atoms with Crippen molar-refractivity contribution in [3.8, 4) is 5.75 Å². The second-order valence-electron chi connectivity index (χ2n) is 6.15. The van der Waals surface area contributed by atoms with E-state index in [-0.39, 0.29) is 5.75 Å². The first-order valence-electron chi connectivity index (χ1n) is 7.97. The molecule has 0 spiro atoms. The molecule has 0 fully saturated rings. The lowest BCUT2D eigenvalue weighted by Crippen LogP contribution is -1.93. The van der Waals surface area contributed by atoms with E-state index in [1.807, 2.05) is 54.6 Å². The van der Waals surface area contributed by atoms with Crippen molar-refractivity contribution >= 4 is 33.2 Å². The van der Waals surface area contributed by atoms with Crippen LogP contribution < -0.4 is 5.32 Å². The number of nitrogens with one attached hydrogen (secondary N) is 1. The van der Waals surface area contributed by atoms with Crippen molar-refractivity contribution in [2.45, 2.75) is 13.8 Å². The minimum atomic E-state index is 0.228. The monoisotopic (exact) mass is 314 g/mol. The van der Waals surface area contributed by atoms with Gasteiger partial charge in [-0.1, -0.05) is 29.8 Å². The number of nitrogens with zero attached hydrogens (tertiary/aromatic N) is 1. The summed E-state index contributed by atoms with van der Waals surface area (Å²) in [6.45, 7) is 4.11. The molecule has 4 rings (SSSR count). The van der Waals surface area contributed by atoms with Crippen LogP contribution in [0.4, 0.5) is 11.4 Å². The highest BCUT2D eigenvalue weighted by Crippen LogP contribution is 2.35. The van der Waals surface area contributed by atoms with Crippen LogP contribution in [-0.4, -0.2) is 10.1 Å². The van der Waals surface area contributed by atoms with Gasteiger partial charge in [0.1, 0.15) is 5.75 Å². The highest BCUT2D eigenvalue weighted by Gasteiger charge is 2.10. The Balaban J connectivity index is 1.85. The lowest BCUT2D eigenvalue weighted by molar-refractivity contribution is 0.484. The standard InChI is InChI=1S/C21H18N2O/c1-13-6-8-15(9-7-13)22-20-11-10-19-17(21(20)24)12-16-14(2)4-3-5-18(16)23-19/h3-12,22,24H,1-2H3. The third-order valence-corrected chi connectivity index (χ3v) is 4.36. The topological polar surface area (TPSA) is 45.2 Å². The van der Waals surface area contributed by atoms with Gasteiger partial charge in [0.15, 0.2) is 0 Å². The molecule has 1 heterocycles. The molecule has 0 radical (unpaired) electrons. The molecular weight excluding hydrogens is 296 g/mol. The van der Waals surface area contributed by atoms with E-state index < -0.39 is 0 Å². The van der Waals surface area contributed by atoms with E-state index in [4.69, 9.17) is 0 Å². The van der Waals surface area contributed by atoms with Crippen LogP contribution in [-0.2, 0) is 0 Å². The molecule has 0 aliphatic heterocycles. The lowest BCUT2D eigenvalue weighted by Gasteiger charge is -2.12. The van der Waals surface area contributed by atoms with Gasteiger partial charge in [0.25, 0.3) is 0 Å². The number of hydrogen-bond donors (Lipinski definition) is 2. The molecule has 0 saturated carbocycles. The molecule has 3 heteroatoms. The van der Waals surface area contributed by atoms with Crippen molar-refractivity contribution in [2.24, 2.45) is 0 Å². The average molecular weight is 314 g/mol. The predicted molar refractivity (Wildman–Crippen MR) is 100 cm³/mol. The summed E-state index contributed by atoms with van der Waals surface area (Å²) in [4.78, 5) is 4.67. The second-order valence-corrected chi connectivity index (χ2v) is 6.15. The normalized spacial score (nSPS) is 11.1. The van der Waals surface area contributed by atoms with Crippen LogP contribution in [0.5, 0.6) is 5.75 Å². The van der Waals surface area contributed by atoms with Crippen LogP contribution in [0.1, 0.15) is 11.1 Å². The summed E-state index contributed by atoms with van der Waals surface area (Å²) in [5, 5.41) is 15.8. The van der Waals surface area contributed by atoms with Gasteiger partial charge in [0.2, 0.25) is 0 Å². The third-order valence-electron chi connectivity index (χ3n) is 4.36. The number of rotatable bonds is 2. The summed E-state index contributed by atoms with van der Waals surface area (Å²) in [6, 6.07) is 20.0. The van der Waals surface area contributed by atoms with Crippen molar-refractivity contribution in [1.82, 2.24) is 4.98 Å². The van der Waals surface area contributed by atoms with Gasteiger partial charge in [-0.15, -0.1) is 0 Å². The molecule has 2 N–H and O–H groups in total. The zero-order valence-electron chi connectivity index (χ0n) is 13.7. The summed E-state index contributed by atoms with van der Waals surface area (Å²) in [6.07, 6.45) is 0. The Kier molecular flexibility index (Phi) is 3.35. The zero-order chi connectivity index (χ0) is 16.7. The second kappa shape index (κ2) is 5.53. The molecule has 3 aromatic carbocycles. The van der Waals surface area contributed by atoms with Crippen molar-refractivity contribution < 1.29 is 5.11 Å². The highest BCUT2D eigenvalue weighted by atomic mass is 16.3. The third kappa shape index (κ3) is 2.44. The van der Waals surface area contributed by atoms with E-state index in [1.54, 1.807) is 0 Å². The number of benzene rings is 3. The van der Waals surface area contributed by atoms with Gasteiger partial charge in [0.05, 0.1) is 16.7 Å². The lowest BCUT2D eigenvalue weighted by atomic mass is 10.1. The van der Waals surface area contributed by atoms with Gasteiger partial charge in [-0.2, -0.15) is 0 Å². The van der Waals surface area contributed by atoms with Crippen molar-refractivity contribution in [2.75, 3.05) is 5.32 Å². The number of aryl methyl sites for hydroxylation is 2. The number of phenolic OH excluding ortho intramolecular Hbond substituents is 1. The van der Waals surface area contributed by atoms with Crippen LogP contribution in [0.25, 0.3) is 21.8 Å². The van der Waals surface area contributed by atoms with E-state index in [0.29, 0.717) is 5.69 Å². The first kappa shape index (κ1) is 14.5. The zero-order valence-corrected chi connectivity index (χ0v) is 13.7. The predicted octanol–water partition coefficient (Wildman–Crippen LogP) is 5.45. The number of fused-ring (bicyclic) bond motifs is 2. The smallest absolute Gasteiger partial charge is 0.148 e. The van der Waals surface area contributed by atoms with Crippen LogP contribution >= 0.6 is 0 Å². The minimum Gasteiger partial charge on any atom is -0.505 e. The maximum Gasteiger partial charge on any atom is 0.148 e. The molecule has 0 atom stereocenters. The van der Waals surface area contributed by atoms with Crippen molar-refractivity contribution in [3.63, 3.8) is 0 Å². The van der Waals surface area contributed by atoms with E-state index in [2.05, 4.69) is 30.2 Å². The van der Waals surface area contributed by atoms with Crippen LogP contribution in [0.2, 0.25) is 0 Å². The highest BCUT2D eigenvalue weighted by molar-refractivity contribution is 5.99. The summed E-state index contributed by atoms with van der Waals surface area (Å²) in [5.41, 5.74) is 5.72. The fourth-order valence-electron chi connectivity index (χ4n) is 2.95. The fraction of sp³-hybridized carbons (Fsp3) is 0.0952. The molecule has 1 aromatic heterocycles. The molecule has 0 amide bonds. The van der Waals surface area contributed by atoms with Gasteiger partial charge >= 0.3 is 0 Å².